The highest BCUT2D eigenvalue weighted by atomic mass is 16.7. The van der Waals surface area contributed by atoms with E-state index in [0.717, 1.165) is 0 Å². The van der Waals surface area contributed by atoms with Gasteiger partial charge in [-0.3, -0.25) is 0 Å². The van der Waals surface area contributed by atoms with Crippen molar-refractivity contribution in [1.29, 1.82) is 0 Å². The minimum atomic E-state index is -1.84. The summed E-state index contributed by atoms with van der Waals surface area (Å²) in [5.41, 5.74) is 23.7. The van der Waals surface area contributed by atoms with Crippen LogP contribution in [0.3, 0.4) is 0 Å². The lowest BCUT2D eigenvalue weighted by molar-refractivity contribution is -0.309. The van der Waals surface area contributed by atoms with Crippen molar-refractivity contribution in [3.8, 4) is 0 Å². The van der Waals surface area contributed by atoms with Crippen LogP contribution in [0.1, 0.15) is 25.7 Å². The molecule has 1 saturated carbocycles. The summed E-state index contributed by atoms with van der Waals surface area (Å²) in [6.45, 7) is -0.552. The quantitative estimate of drug-likeness (QED) is 0.105. The molecule has 8 unspecified atom stereocenters. The number of hydrogen-bond acceptors (Lipinski definition) is 15. The van der Waals surface area contributed by atoms with Crippen LogP contribution in [-0.2, 0) is 18.9 Å². The Morgan fingerprint density at radius 2 is 1.69 bits per heavy atom. The molecule has 3 fully saturated rings. The van der Waals surface area contributed by atoms with Gasteiger partial charge < -0.3 is 77.8 Å². The molecule has 2 saturated heterocycles. The summed E-state index contributed by atoms with van der Waals surface area (Å²) in [5.74, 6) is -0.415. The van der Waals surface area contributed by atoms with Crippen molar-refractivity contribution in [3.63, 3.8) is 0 Å². The van der Waals surface area contributed by atoms with E-state index in [-0.39, 0.29) is 18.2 Å². The molecule has 2 aliphatic heterocycles. The number of ether oxygens (including phenoxy) is 4. The van der Waals surface area contributed by atoms with E-state index >= 15 is 0 Å². The lowest BCUT2D eigenvalue weighted by Crippen LogP contribution is -2.63. The minimum absolute atomic E-state index is 0.199. The molecular weight excluding hydrogens is 482 g/mol. The molecule has 15 heteroatoms. The maximum atomic E-state index is 10.9. The third-order valence-electron chi connectivity index (χ3n) is 6.92. The van der Waals surface area contributed by atoms with Crippen LogP contribution >= 0.6 is 0 Å². The number of aliphatic hydroxyl groups is 6. The Hall–Kier alpha value is -1.18. The van der Waals surface area contributed by atoms with E-state index in [1.54, 1.807) is 0 Å². The van der Waals surface area contributed by atoms with Crippen LogP contribution in [0.4, 0.5) is 0 Å². The number of nitrogens with two attached hydrogens (primary N) is 4. The van der Waals surface area contributed by atoms with Gasteiger partial charge in [0.2, 0.25) is 6.29 Å². The molecule has 2 heterocycles. The summed E-state index contributed by atoms with van der Waals surface area (Å²) in [7, 11) is 1.42. The third-order valence-corrected chi connectivity index (χ3v) is 6.92. The van der Waals surface area contributed by atoms with Gasteiger partial charge >= 0.3 is 0 Å². The SMILES string of the molecule is CN/C(=C(/O)C1CCC(N)[C@@H](O[C@@H]2C(N)C[C@@H](N)CC2O)O1)C(O)O[C@H]1OC(CO)[C@@H](N)C(O)C1O. The average molecular weight is 524 g/mol. The molecule has 0 aromatic heterocycles. The predicted octanol–water partition coefficient (Wildman–Crippen LogP) is -4.90. The van der Waals surface area contributed by atoms with E-state index in [1.807, 2.05) is 0 Å². The van der Waals surface area contributed by atoms with Gasteiger partial charge in [0.05, 0.1) is 24.8 Å². The summed E-state index contributed by atoms with van der Waals surface area (Å²) >= 11 is 0. The summed E-state index contributed by atoms with van der Waals surface area (Å²) in [6, 6.07) is -2.40. The fraction of sp³-hybridized carbons (Fsp3) is 0.905. The Morgan fingerprint density at radius 3 is 2.31 bits per heavy atom. The first-order valence-electron chi connectivity index (χ1n) is 12.1. The molecule has 0 amide bonds. The summed E-state index contributed by atoms with van der Waals surface area (Å²) in [5, 5.41) is 64.2. The standard InChI is InChI=1S/C21H41N5O10/c1-26-14(19(32)36-21-17(31)16(30)13(25)12(6-27)34-21)15(29)11-3-2-8(23)20(33-11)35-18-9(24)4-7(22)5-10(18)28/h7-13,16-21,26-32H,2-6,22-25H2,1H3/b15-14+/t7-,8?,9?,10?,11?,12?,13-,16?,17?,18-,19?,20-,21-/m1/s1. The van der Waals surface area contributed by atoms with Crippen molar-refractivity contribution >= 4 is 0 Å². The number of nitrogens with one attached hydrogen (secondary N) is 1. The largest absolute Gasteiger partial charge is 0.508 e. The van der Waals surface area contributed by atoms with Gasteiger partial charge in [-0.15, -0.1) is 0 Å². The molecule has 15 nitrogen and oxygen atoms in total. The molecule has 1 aliphatic carbocycles. The first-order valence-corrected chi connectivity index (χ1v) is 12.1. The van der Waals surface area contributed by atoms with Gasteiger partial charge in [-0.25, -0.2) is 0 Å². The molecule has 3 aliphatic rings. The molecule has 0 aromatic carbocycles. The molecule has 0 bridgehead atoms. The van der Waals surface area contributed by atoms with E-state index in [0.29, 0.717) is 19.3 Å². The lowest BCUT2D eigenvalue weighted by atomic mass is 9.87. The summed E-state index contributed by atoms with van der Waals surface area (Å²) < 4.78 is 22.5. The Balaban J connectivity index is 1.69. The van der Waals surface area contributed by atoms with Gasteiger partial charge in [-0.1, -0.05) is 0 Å². The van der Waals surface area contributed by atoms with Crippen LogP contribution in [0.25, 0.3) is 0 Å². The topological polar surface area (TPSA) is 274 Å². The molecule has 210 valence electrons. The molecule has 13 atom stereocenters. The van der Waals surface area contributed by atoms with Crippen molar-refractivity contribution < 1.29 is 49.6 Å². The van der Waals surface area contributed by atoms with E-state index in [4.69, 9.17) is 41.9 Å². The Morgan fingerprint density at radius 1 is 1.00 bits per heavy atom. The van der Waals surface area contributed by atoms with E-state index < -0.39 is 86.0 Å². The van der Waals surface area contributed by atoms with Crippen molar-refractivity contribution in [2.24, 2.45) is 22.9 Å². The Bertz CT molecular complexity index is 736. The second-order valence-electron chi connectivity index (χ2n) is 9.62. The molecule has 0 spiro atoms. The highest BCUT2D eigenvalue weighted by Crippen LogP contribution is 2.30. The normalized spacial score (nSPS) is 45.6. The van der Waals surface area contributed by atoms with Crippen LogP contribution in [0.5, 0.6) is 0 Å². The van der Waals surface area contributed by atoms with Gasteiger partial charge in [-0.2, -0.15) is 0 Å². The monoisotopic (exact) mass is 523 g/mol. The van der Waals surface area contributed by atoms with Crippen LogP contribution in [0.2, 0.25) is 0 Å². The number of likely N-dealkylation sites (N-methyl/N-ethyl adjacent to an activating group) is 1. The average Bonchev–Trinajstić information content (AvgIpc) is 2.83. The van der Waals surface area contributed by atoms with Gasteiger partial charge in [-0.05, 0) is 25.7 Å². The Kier molecular flexibility index (Phi) is 10.3. The number of aliphatic hydroxyl groups excluding tert-OH is 6. The van der Waals surface area contributed by atoms with Crippen LogP contribution in [0.15, 0.2) is 11.5 Å². The molecule has 36 heavy (non-hydrogen) atoms. The van der Waals surface area contributed by atoms with Gasteiger partial charge in [0.1, 0.15) is 42.0 Å². The highest BCUT2D eigenvalue weighted by molar-refractivity contribution is 5.13. The summed E-state index contributed by atoms with van der Waals surface area (Å²) in [4.78, 5) is 0. The number of hydrogen-bond donors (Lipinski definition) is 11. The molecule has 3 rings (SSSR count). The fourth-order valence-electron chi connectivity index (χ4n) is 4.78. The lowest BCUT2D eigenvalue weighted by Gasteiger charge is -2.42. The van der Waals surface area contributed by atoms with E-state index in [1.165, 1.54) is 7.05 Å². The third kappa shape index (κ3) is 6.44. The Labute approximate surface area is 208 Å². The van der Waals surface area contributed by atoms with Crippen LogP contribution in [-0.4, -0.2) is 124 Å². The van der Waals surface area contributed by atoms with Crippen molar-refractivity contribution in [2.75, 3.05) is 13.7 Å². The molecule has 0 radical (unpaired) electrons. The first kappa shape index (κ1) is 29.4. The van der Waals surface area contributed by atoms with Crippen molar-refractivity contribution in [2.45, 2.75) is 105 Å². The second-order valence-corrected chi connectivity index (χ2v) is 9.62. The predicted molar refractivity (Wildman–Crippen MR) is 123 cm³/mol. The molecule has 15 N–H and O–H groups in total. The number of rotatable bonds is 8. The minimum Gasteiger partial charge on any atom is -0.508 e. The van der Waals surface area contributed by atoms with Gasteiger partial charge in [0.25, 0.3) is 0 Å². The van der Waals surface area contributed by atoms with E-state index in [9.17, 15) is 30.6 Å². The molecular formula is C21H41N5O10. The smallest absolute Gasteiger partial charge is 0.202 e. The highest BCUT2D eigenvalue weighted by Gasteiger charge is 2.45. The van der Waals surface area contributed by atoms with Crippen LogP contribution < -0.4 is 28.3 Å². The van der Waals surface area contributed by atoms with Gasteiger partial charge in [0.15, 0.2) is 12.6 Å². The second kappa shape index (κ2) is 12.6. The zero-order valence-corrected chi connectivity index (χ0v) is 20.2. The zero-order valence-electron chi connectivity index (χ0n) is 20.2. The van der Waals surface area contributed by atoms with Crippen LogP contribution in [0, 0.1) is 0 Å². The maximum absolute atomic E-state index is 10.9. The summed E-state index contributed by atoms with van der Waals surface area (Å²) in [6.07, 6.45) is -9.76. The van der Waals surface area contributed by atoms with Crippen molar-refractivity contribution in [3.05, 3.63) is 11.5 Å². The van der Waals surface area contributed by atoms with Crippen molar-refractivity contribution in [1.82, 2.24) is 5.32 Å². The first-order chi connectivity index (χ1) is 17.0. The van der Waals surface area contributed by atoms with Gasteiger partial charge in [0, 0.05) is 19.1 Å². The molecule has 0 aromatic rings. The maximum Gasteiger partial charge on any atom is 0.202 e. The van der Waals surface area contributed by atoms with E-state index in [2.05, 4.69) is 5.32 Å². The zero-order chi connectivity index (χ0) is 26.7. The fourth-order valence-corrected chi connectivity index (χ4v) is 4.78.